The number of hydrogen-bond donors (Lipinski definition) is 1. The summed E-state index contributed by atoms with van der Waals surface area (Å²) >= 11 is 0. The van der Waals surface area contributed by atoms with Gasteiger partial charge in [-0.15, -0.1) is 0 Å². The Morgan fingerprint density at radius 1 is 1.16 bits per heavy atom. The second kappa shape index (κ2) is 9.52. The van der Waals surface area contributed by atoms with Crippen molar-refractivity contribution in [1.29, 1.82) is 0 Å². The Morgan fingerprint density at radius 3 is 2.66 bits per heavy atom. The normalized spacial score (nSPS) is 16.6. The van der Waals surface area contributed by atoms with Gasteiger partial charge in [-0.2, -0.15) is 0 Å². The van der Waals surface area contributed by atoms with Gasteiger partial charge in [-0.3, -0.25) is 14.5 Å². The first kappa shape index (κ1) is 22.0. The molecule has 1 fully saturated rings. The van der Waals surface area contributed by atoms with Crippen molar-refractivity contribution in [3.8, 4) is 23.0 Å². The minimum Gasteiger partial charge on any atom is -0.502 e. The predicted molar refractivity (Wildman–Crippen MR) is 113 cm³/mol. The number of ether oxygens (including phenoxy) is 4. The van der Waals surface area contributed by atoms with Crippen LogP contribution in [-0.2, 0) is 16.1 Å². The van der Waals surface area contributed by atoms with Crippen molar-refractivity contribution in [3.05, 3.63) is 45.5 Å². The van der Waals surface area contributed by atoms with Crippen LogP contribution in [0.1, 0.15) is 48.7 Å². The molecule has 0 bridgehead atoms. The third-order valence-electron chi connectivity index (χ3n) is 5.83. The highest BCUT2D eigenvalue weighted by Gasteiger charge is 2.30. The van der Waals surface area contributed by atoms with E-state index >= 15 is 0 Å². The molecule has 2 aliphatic rings. The molecule has 0 radical (unpaired) electrons. The molecule has 0 saturated carbocycles. The average molecular weight is 445 g/mol. The van der Waals surface area contributed by atoms with Crippen LogP contribution in [0.15, 0.2) is 27.4 Å². The van der Waals surface area contributed by atoms with E-state index in [2.05, 4.69) is 4.90 Å². The molecular formula is C23H27NO8. The van der Waals surface area contributed by atoms with Crippen LogP contribution in [0.25, 0.3) is 0 Å². The standard InChI is InChI=1S/C23H27NO8/c1-28-18-8-14(9-19-23(18)31-13-30-19)16(11-20(26)29-2)22-21(27)17(25)10-15(32-22)12-24-6-4-3-5-7-24/h8-10,16,27H,3-7,11-13H2,1-2H3/t16-/m0/s1. The van der Waals surface area contributed by atoms with Crippen LogP contribution in [0.2, 0.25) is 0 Å². The largest absolute Gasteiger partial charge is 0.502 e. The fourth-order valence-corrected chi connectivity index (χ4v) is 4.17. The van der Waals surface area contributed by atoms with Gasteiger partial charge in [-0.05, 0) is 43.6 Å². The van der Waals surface area contributed by atoms with Crippen LogP contribution in [0.3, 0.4) is 0 Å². The second-order valence-electron chi connectivity index (χ2n) is 7.92. The van der Waals surface area contributed by atoms with Crippen molar-refractivity contribution in [2.75, 3.05) is 34.1 Å². The van der Waals surface area contributed by atoms with E-state index in [1.54, 1.807) is 12.1 Å². The summed E-state index contributed by atoms with van der Waals surface area (Å²) in [7, 11) is 2.77. The quantitative estimate of drug-likeness (QED) is 0.644. The van der Waals surface area contributed by atoms with Crippen molar-refractivity contribution in [3.63, 3.8) is 0 Å². The van der Waals surface area contributed by atoms with E-state index in [1.807, 2.05) is 0 Å². The van der Waals surface area contributed by atoms with Gasteiger partial charge in [0.25, 0.3) is 0 Å². The first-order valence-electron chi connectivity index (χ1n) is 10.6. The molecule has 1 N–H and O–H groups in total. The summed E-state index contributed by atoms with van der Waals surface area (Å²) in [4.78, 5) is 27.0. The van der Waals surface area contributed by atoms with Crippen molar-refractivity contribution < 1.29 is 33.3 Å². The summed E-state index contributed by atoms with van der Waals surface area (Å²) in [5.74, 6) is -0.0784. The van der Waals surface area contributed by atoms with E-state index in [1.165, 1.54) is 26.7 Å². The first-order valence-corrected chi connectivity index (χ1v) is 10.6. The summed E-state index contributed by atoms with van der Waals surface area (Å²) in [5, 5.41) is 10.6. The van der Waals surface area contributed by atoms with E-state index in [9.17, 15) is 14.7 Å². The fraction of sp³-hybridized carbons (Fsp3) is 0.478. The van der Waals surface area contributed by atoms with Crippen LogP contribution >= 0.6 is 0 Å². The van der Waals surface area contributed by atoms with Gasteiger partial charge in [-0.25, -0.2) is 0 Å². The van der Waals surface area contributed by atoms with E-state index in [4.69, 9.17) is 23.4 Å². The van der Waals surface area contributed by atoms with Gasteiger partial charge in [0.2, 0.25) is 23.7 Å². The number of esters is 1. The van der Waals surface area contributed by atoms with E-state index in [0.717, 1.165) is 25.9 Å². The molecular weight excluding hydrogens is 418 g/mol. The van der Waals surface area contributed by atoms with Crippen molar-refractivity contribution in [2.24, 2.45) is 0 Å². The van der Waals surface area contributed by atoms with Crippen molar-refractivity contribution in [2.45, 2.75) is 38.1 Å². The summed E-state index contributed by atoms with van der Waals surface area (Å²) < 4.78 is 27.2. The summed E-state index contributed by atoms with van der Waals surface area (Å²) in [6, 6.07) is 4.68. The molecule has 0 spiro atoms. The average Bonchev–Trinajstić information content (AvgIpc) is 3.28. The van der Waals surface area contributed by atoms with Crippen molar-refractivity contribution in [1.82, 2.24) is 4.90 Å². The van der Waals surface area contributed by atoms with Crippen LogP contribution < -0.4 is 19.6 Å². The van der Waals surface area contributed by atoms with E-state index < -0.39 is 23.1 Å². The Labute approximate surface area is 185 Å². The smallest absolute Gasteiger partial charge is 0.306 e. The number of methoxy groups -OCH3 is 2. The lowest BCUT2D eigenvalue weighted by atomic mass is 9.91. The highest BCUT2D eigenvalue weighted by atomic mass is 16.7. The zero-order valence-electron chi connectivity index (χ0n) is 18.2. The molecule has 3 heterocycles. The third kappa shape index (κ3) is 4.52. The number of aromatic hydroxyl groups is 1. The third-order valence-corrected chi connectivity index (χ3v) is 5.83. The lowest BCUT2D eigenvalue weighted by Gasteiger charge is -2.26. The molecule has 0 aliphatic carbocycles. The van der Waals surface area contributed by atoms with Gasteiger partial charge in [0, 0.05) is 6.07 Å². The Balaban J connectivity index is 1.76. The van der Waals surface area contributed by atoms with Gasteiger partial charge in [0.1, 0.15) is 5.76 Å². The Hall–Kier alpha value is -3.20. The number of piperidine rings is 1. The van der Waals surface area contributed by atoms with E-state index in [0.29, 0.717) is 35.1 Å². The number of likely N-dealkylation sites (tertiary alicyclic amines) is 1. The first-order chi connectivity index (χ1) is 15.5. The summed E-state index contributed by atoms with van der Waals surface area (Å²) in [5.41, 5.74) is 0.00547. The molecule has 172 valence electrons. The number of benzene rings is 1. The lowest BCUT2D eigenvalue weighted by molar-refractivity contribution is -0.140. The number of hydrogen-bond acceptors (Lipinski definition) is 9. The molecule has 1 aromatic heterocycles. The molecule has 32 heavy (non-hydrogen) atoms. The van der Waals surface area contributed by atoms with Crippen LogP contribution in [0, 0.1) is 0 Å². The Bertz CT molecular complexity index is 1040. The van der Waals surface area contributed by atoms with Gasteiger partial charge < -0.3 is 28.5 Å². The SMILES string of the molecule is COC(=O)C[C@@H](c1cc(OC)c2c(c1)OCO2)c1oc(CN2CCCCC2)cc(=O)c1O. The molecule has 9 nitrogen and oxygen atoms in total. The van der Waals surface area contributed by atoms with Crippen LogP contribution in [0.5, 0.6) is 23.0 Å². The molecule has 1 aromatic carbocycles. The van der Waals surface area contributed by atoms with Gasteiger partial charge in [0.05, 0.1) is 33.1 Å². The van der Waals surface area contributed by atoms with Crippen LogP contribution in [-0.4, -0.2) is 50.1 Å². The molecule has 1 saturated heterocycles. The van der Waals surface area contributed by atoms with Crippen LogP contribution in [0.4, 0.5) is 0 Å². The number of fused-ring (bicyclic) bond motifs is 1. The fourth-order valence-electron chi connectivity index (χ4n) is 4.17. The molecule has 2 aliphatic heterocycles. The lowest BCUT2D eigenvalue weighted by Crippen LogP contribution is -2.29. The molecule has 2 aromatic rings. The number of nitrogens with zero attached hydrogens (tertiary/aromatic N) is 1. The molecule has 0 amide bonds. The molecule has 9 heteroatoms. The topological polar surface area (TPSA) is 108 Å². The predicted octanol–water partition coefficient (Wildman–Crippen LogP) is 2.76. The number of rotatable bonds is 7. The zero-order valence-corrected chi connectivity index (χ0v) is 18.2. The minimum absolute atomic E-state index is 0.0100. The highest BCUT2D eigenvalue weighted by molar-refractivity contribution is 5.71. The second-order valence-corrected chi connectivity index (χ2v) is 7.92. The summed E-state index contributed by atoms with van der Waals surface area (Å²) in [6.07, 6.45) is 3.23. The maximum Gasteiger partial charge on any atom is 0.306 e. The maximum absolute atomic E-state index is 12.6. The van der Waals surface area contributed by atoms with Gasteiger partial charge >= 0.3 is 5.97 Å². The maximum atomic E-state index is 12.6. The van der Waals surface area contributed by atoms with Gasteiger partial charge in [-0.1, -0.05) is 6.42 Å². The minimum atomic E-state index is -0.792. The number of carbonyl (C=O) groups is 1. The monoisotopic (exact) mass is 445 g/mol. The van der Waals surface area contributed by atoms with E-state index in [-0.39, 0.29) is 19.0 Å². The Morgan fingerprint density at radius 2 is 1.94 bits per heavy atom. The Kier molecular flexibility index (Phi) is 6.55. The zero-order chi connectivity index (χ0) is 22.7. The molecule has 1 atom stereocenters. The highest BCUT2D eigenvalue weighted by Crippen LogP contribution is 2.45. The van der Waals surface area contributed by atoms with Gasteiger partial charge in [0.15, 0.2) is 17.3 Å². The molecule has 4 rings (SSSR count). The number of carbonyl (C=O) groups excluding carboxylic acids is 1. The summed E-state index contributed by atoms with van der Waals surface area (Å²) in [6.45, 7) is 2.34. The molecule has 0 unspecified atom stereocenters. The van der Waals surface area contributed by atoms with Crippen molar-refractivity contribution >= 4 is 5.97 Å².